The molecule has 26 heavy (non-hydrogen) atoms. The monoisotopic (exact) mass is 351 g/mol. The van der Waals surface area contributed by atoms with Crippen molar-refractivity contribution in [3.05, 3.63) is 42.1 Å². The number of likely N-dealkylation sites (tertiary alicyclic amines) is 1. The van der Waals surface area contributed by atoms with Gasteiger partial charge in [-0.3, -0.25) is 14.5 Å². The lowest BCUT2D eigenvalue weighted by Gasteiger charge is -2.25. The Morgan fingerprint density at radius 1 is 1.23 bits per heavy atom. The van der Waals surface area contributed by atoms with Crippen molar-refractivity contribution in [1.29, 1.82) is 0 Å². The van der Waals surface area contributed by atoms with Gasteiger partial charge in [0, 0.05) is 45.4 Å². The largest absolute Gasteiger partial charge is 0.369 e. The van der Waals surface area contributed by atoms with Gasteiger partial charge in [0.25, 0.3) is 0 Å². The first-order valence-corrected chi connectivity index (χ1v) is 8.60. The number of anilines is 1. The number of aryl methyl sites for hydroxylation is 2. The van der Waals surface area contributed by atoms with Gasteiger partial charge in [-0.1, -0.05) is 0 Å². The van der Waals surface area contributed by atoms with Gasteiger partial charge in [-0.2, -0.15) is 5.10 Å². The zero-order valence-electron chi connectivity index (χ0n) is 15.0. The van der Waals surface area contributed by atoms with Crippen LogP contribution in [0.3, 0.4) is 0 Å². The maximum Gasteiger partial charge on any atom is 0.223 e. The Hall–Kier alpha value is -3.03. The van der Waals surface area contributed by atoms with Crippen LogP contribution in [0.15, 0.2) is 30.7 Å². The quantitative estimate of drug-likeness (QED) is 0.770. The topological polar surface area (TPSA) is 88.8 Å². The predicted octanol–water partition coefficient (Wildman–Crippen LogP) is 1.70. The summed E-state index contributed by atoms with van der Waals surface area (Å²) < 4.78 is 1.74. The summed E-state index contributed by atoms with van der Waals surface area (Å²) in [4.78, 5) is 27.2. The molecule has 3 aromatic heterocycles. The van der Waals surface area contributed by atoms with Crippen LogP contribution in [0.25, 0.3) is 11.0 Å². The van der Waals surface area contributed by atoms with Gasteiger partial charge < -0.3 is 10.2 Å². The Kier molecular flexibility index (Phi) is 4.02. The first kappa shape index (κ1) is 16.4. The van der Waals surface area contributed by atoms with Crippen molar-refractivity contribution in [2.75, 3.05) is 18.9 Å². The van der Waals surface area contributed by atoms with Crippen LogP contribution in [-0.4, -0.2) is 49.1 Å². The molecule has 1 fully saturated rings. The van der Waals surface area contributed by atoms with E-state index in [0.29, 0.717) is 18.8 Å². The van der Waals surface area contributed by atoms with Gasteiger partial charge in [-0.15, -0.1) is 0 Å². The van der Waals surface area contributed by atoms with Crippen molar-refractivity contribution in [1.82, 2.24) is 29.6 Å². The molecule has 1 aliphatic heterocycles. The van der Waals surface area contributed by atoms with E-state index >= 15 is 0 Å². The molecule has 0 bridgehead atoms. The lowest BCUT2D eigenvalue weighted by Crippen LogP contribution is -2.26. The molecule has 1 amide bonds. The molecule has 0 saturated carbocycles. The summed E-state index contributed by atoms with van der Waals surface area (Å²) in [6.45, 7) is 2.51. The normalized spacial score (nSPS) is 20.1. The average Bonchev–Trinajstić information content (AvgIpc) is 3.14. The smallest absolute Gasteiger partial charge is 0.223 e. The molecular weight excluding hydrogens is 330 g/mol. The van der Waals surface area contributed by atoms with Crippen LogP contribution in [-0.2, 0) is 11.8 Å². The van der Waals surface area contributed by atoms with Gasteiger partial charge in [0.1, 0.15) is 11.6 Å². The number of nitrogens with zero attached hydrogens (tertiary/aromatic N) is 6. The summed E-state index contributed by atoms with van der Waals surface area (Å²) in [5.74, 6) is 1.76. The van der Waals surface area contributed by atoms with Gasteiger partial charge in [0.05, 0.1) is 17.6 Å². The lowest BCUT2D eigenvalue weighted by atomic mass is 9.94. The van der Waals surface area contributed by atoms with Crippen LogP contribution in [0.2, 0.25) is 0 Å². The summed E-state index contributed by atoms with van der Waals surface area (Å²) in [7, 11) is 3.73. The lowest BCUT2D eigenvalue weighted by molar-refractivity contribution is -0.127. The van der Waals surface area contributed by atoms with Gasteiger partial charge >= 0.3 is 0 Å². The summed E-state index contributed by atoms with van der Waals surface area (Å²) in [5, 5.41) is 8.58. The van der Waals surface area contributed by atoms with Gasteiger partial charge in [0.2, 0.25) is 5.91 Å². The van der Waals surface area contributed by atoms with Crippen molar-refractivity contribution >= 4 is 22.8 Å². The molecule has 134 valence electrons. The Balaban J connectivity index is 1.60. The van der Waals surface area contributed by atoms with E-state index < -0.39 is 0 Å². The van der Waals surface area contributed by atoms with Crippen molar-refractivity contribution in [2.45, 2.75) is 19.4 Å². The highest BCUT2D eigenvalue weighted by molar-refractivity contribution is 5.86. The highest BCUT2D eigenvalue weighted by Gasteiger charge is 2.38. The van der Waals surface area contributed by atoms with E-state index in [0.717, 1.165) is 22.4 Å². The summed E-state index contributed by atoms with van der Waals surface area (Å²) >= 11 is 0. The minimum atomic E-state index is 0.0327. The van der Waals surface area contributed by atoms with Crippen molar-refractivity contribution < 1.29 is 4.79 Å². The molecule has 8 nitrogen and oxygen atoms in total. The summed E-state index contributed by atoms with van der Waals surface area (Å²) in [5.41, 5.74) is 1.90. The molecule has 4 heterocycles. The third-order valence-electron chi connectivity index (χ3n) is 4.98. The van der Waals surface area contributed by atoms with Crippen LogP contribution in [0.4, 0.5) is 5.82 Å². The van der Waals surface area contributed by atoms with E-state index in [4.69, 9.17) is 0 Å². The zero-order chi connectivity index (χ0) is 18.3. The maximum absolute atomic E-state index is 12.3. The van der Waals surface area contributed by atoms with Crippen LogP contribution in [0, 0.1) is 12.8 Å². The van der Waals surface area contributed by atoms with Crippen molar-refractivity contribution in [2.24, 2.45) is 13.0 Å². The number of rotatable bonds is 4. The molecule has 0 unspecified atom stereocenters. The van der Waals surface area contributed by atoms with Gasteiger partial charge in [-0.05, 0) is 24.6 Å². The predicted molar refractivity (Wildman–Crippen MR) is 97.4 cm³/mol. The molecule has 1 saturated heterocycles. The van der Waals surface area contributed by atoms with Crippen molar-refractivity contribution in [3.63, 3.8) is 0 Å². The Morgan fingerprint density at radius 2 is 2.00 bits per heavy atom. The first-order chi connectivity index (χ1) is 12.5. The first-order valence-electron chi connectivity index (χ1n) is 8.60. The minimum absolute atomic E-state index is 0.0327. The average molecular weight is 351 g/mol. The number of hydrogen-bond acceptors (Lipinski definition) is 6. The Morgan fingerprint density at radius 3 is 2.77 bits per heavy atom. The minimum Gasteiger partial charge on any atom is -0.369 e. The molecule has 1 N–H and O–H groups in total. The van der Waals surface area contributed by atoms with E-state index in [2.05, 4.69) is 25.4 Å². The number of carbonyl (C=O) groups excluding carboxylic acids is 1. The SMILES string of the molecule is Cc1nc(NC[C@@H]2CC(=O)N(C)[C@H]2c2ccncc2)c2cnn(C)c2n1. The van der Waals surface area contributed by atoms with Crippen LogP contribution < -0.4 is 5.32 Å². The fraction of sp³-hybridized carbons (Fsp3) is 0.389. The molecule has 4 rings (SSSR count). The molecule has 2 atom stereocenters. The second-order valence-electron chi connectivity index (χ2n) is 6.70. The van der Waals surface area contributed by atoms with Gasteiger partial charge in [-0.25, -0.2) is 9.97 Å². The van der Waals surface area contributed by atoms with Crippen LogP contribution in [0.5, 0.6) is 0 Å². The number of carbonyl (C=O) groups is 1. The second-order valence-corrected chi connectivity index (χ2v) is 6.70. The van der Waals surface area contributed by atoms with E-state index in [-0.39, 0.29) is 17.9 Å². The second kappa shape index (κ2) is 6.36. The van der Waals surface area contributed by atoms with E-state index in [1.165, 1.54) is 0 Å². The van der Waals surface area contributed by atoms with E-state index in [1.54, 1.807) is 23.3 Å². The number of nitrogens with one attached hydrogen (secondary N) is 1. The van der Waals surface area contributed by atoms with Gasteiger partial charge in [0.15, 0.2) is 5.65 Å². The molecule has 1 aliphatic rings. The Labute approximate surface area is 151 Å². The van der Waals surface area contributed by atoms with E-state index in [9.17, 15) is 4.79 Å². The third kappa shape index (κ3) is 2.77. The van der Waals surface area contributed by atoms with Crippen LogP contribution in [0.1, 0.15) is 23.9 Å². The van der Waals surface area contributed by atoms with Crippen LogP contribution >= 0.6 is 0 Å². The number of amides is 1. The molecule has 0 aromatic carbocycles. The molecular formula is C18H21N7O. The maximum atomic E-state index is 12.3. The zero-order valence-corrected chi connectivity index (χ0v) is 15.0. The molecule has 3 aromatic rings. The number of aromatic nitrogens is 5. The number of pyridine rings is 1. The number of fused-ring (bicyclic) bond motifs is 1. The Bertz CT molecular complexity index is 953. The highest BCUT2D eigenvalue weighted by Crippen LogP contribution is 2.37. The summed E-state index contributed by atoms with van der Waals surface area (Å²) in [6.07, 6.45) is 5.81. The third-order valence-corrected chi connectivity index (χ3v) is 4.98. The fourth-order valence-electron chi connectivity index (χ4n) is 3.68. The highest BCUT2D eigenvalue weighted by atomic mass is 16.2. The van der Waals surface area contributed by atoms with E-state index in [1.807, 2.05) is 38.1 Å². The molecule has 0 radical (unpaired) electrons. The molecule has 0 aliphatic carbocycles. The summed E-state index contributed by atoms with van der Waals surface area (Å²) in [6, 6.07) is 3.98. The standard InChI is InChI=1S/C18H21N7O/c1-11-22-17(14-10-21-25(3)18(14)23-11)20-9-13-8-15(26)24(2)16(13)12-4-6-19-7-5-12/h4-7,10,13,16H,8-9H2,1-3H3,(H,20,22,23)/t13-,16-/m0/s1. The molecule has 8 heteroatoms. The fourth-order valence-corrected chi connectivity index (χ4v) is 3.68. The van der Waals surface area contributed by atoms with Crippen molar-refractivity contribution in [3.8, 4) is 0 Å². The number of hydrogen-bond donors (Lipinski definition) is 1. The molecule has 0 spiro atoms.